The van der Waals surface area contributed by atoms with Crippen LogP contribution in [0.5, 0.6) is 0 Å². The minimum absolute atomic E-state index is 0.158. The van der Waals surface area contributed by atoms with Crippen molar-refractivity contribution in [1.29, 1.82) is 5.26 Å². The average molecular weight is 963 g/mol. The van der Waals surface area contributed by atoms with Gasteiger partial charge in [0.25, 0.3) is 0 Å². The number of nitriles is 1. The van der Waals surface area contributed by atoms with Crippen LogP contribution in [0.15, 0.2) is 200 Å². The molecule has 0 radical (unpaired) electrons. The SMILES string of the molecule is [C-]#[N+]c1cccc(C(F)(F)F)c1-c1c(-n2c3cc(-c4ccccc4C)ccc3c3ccc(-c4ccccc4C)cc32)cc(C#N)cc1-n1c2cc(-c3ccccc3C)ccc2c2ccc(-c3ccccc3C)cc21. The molecule has 2 aromatic heterocycles. The second-order valence-electron chi connectivity index (χ2n) is 19.2. The third-order valence-corrected chi connectivity index (χ3v) is 14.8. The van der Waals surface area contributed by atoms with E-state index in [1.165, 1.54) is 12.1 Å². The highest BCUT2D eigenvalue weighted by molar-refractivity contribution is 6.14. The molecule has 12 aromatic rings. The summed E-state index contributed by atoms with van der Waals surface area (Å²) >= 11 is 0. The van der Waals surface area contributed by atoms with Crippen molar-refractivity contribution in [3.63, 3.8) is 0 Å². The maximum Gasteiger partial charge on any atom is 0.415 e. The number of fused-ring (bicyclic) bond motifs is 6. The number of hydrogen-bond acceptors (Lipinski definition) is 1. The molecule has 0 atom stereocenters. The van der Waals surface area contributed by atoms with Crippen LogP contribution in [0.4, 0.5) is 18.9 Å². The average Bonchev–Trinajstić information content (AvgIpc) is 3.91. The molecule has 0 aliphatic rings. The Morgan fingerprint density at radius 3 is 1.05 bits per heavy atom. The fourth-order valence-electron chi connectivity index (χ4n) is 11.2. The molecule has 0 spiro atoms. The van der Waals surface area contributed by atoms with Crippen molar-refractivity contribution in [2.75, 3.05) is 0 Å². The number of halogens is 3. The second kappa shape index (κ2) is 17.7. The van der Waals surface area contributed by atoms with E-state index >= 15 is 13.2 Å². The summed E-state index contributed by atoms with van der Waals surface area (Å²) in [5.74, 6) is 0. The van der Waals surface area contributed by atoms with Crippen LogP contribution < -0.4 is 0 Å². The highest BCUT2D eigenvalue weighted by Crippen LogP contribution is 2.51. The van der Waals surface area contributed by atoms with E-state index in [0.29, 0.717) is 11.4 Å². The Bertz CT molecular complexity index is 3940. The normalized spacial score (nSPS) is 11.7. The monoisotopic (exact) mass is 962 g/mol. The van der Waals surface area contributed by atoms with Gasteiger partial charge in [0, 0.05) is 32.7 Å². The third kappa shape index (κ3) is 7.44. The van der Waals surface area contributed by atoms with Crippen LogP contribution in [0, 0.1) is 45.6 Å². The van der Waals surface area contributed by atoms with Crippen LogP contribution in [0.2, 0.25) is 0 Å². The Kier molecular flexibility index (Phi) is 10.9. The number of aromatic nitrogens is 2. The fraction of sp³-hybridized carbons (Fsp3) is 0.0746. The molecule has 12 rings (SSSR count). The summed E-state index contributed by atoms with van der Waals surface area (Å²) in [5, 5.41) is 14.8. The topological polar surface area (TPSA) is 38.0 Å². The third-order valence-electron chi connectivity index (χ3n) is 14.8. The smallest absolute Gasteiger partial charge is 0.309 e. The van der Waals surface area contributed by atoms with Gasteiger partial charge in [-0.3, -0.25) is 0 Å². The van der Waals surface area contributed by atoms with Crippen molar-refractivity contribution in [2.45, 2.75) is 33.9 Å². The van der Waals surface area contributed by atoms with Gasteiger partial charge in [0.2, 0.25) is 0 Å². The number of hydrogen-bond donors (Lipinski definition) is 0. The van der Waals surface area contributed by atoms with Gasteiger partial charge in [0.1, 0.15) is 0 Å². The first-order valence-electron chi connectivity index (χ1n) is 24.5. The Labute approximate surface area is 426 Å². The molecule has 354 valence electrons. The number of rotatable bonds is 7. The number of nitrogens with zero attached hydrogens (tertiary/aromatic N) is 4. The van der Waals surface area contributed by atoms with Gasteiger partial charge in [-0.25, -0.2) is 4.85 Å². The van der Waals surface area contributed by atoms with Gasteiger partial charge in [0.05, 0.1) is 57.2 Å². The summed E-state index contributed by atoms with van der Waals surface area (Å²) < 4.78 is 52.4. The first-order valence-corrected chi connectivity index (χ1v) is 24.5. The zero-order chi connectivity index (χ0) is 51.0. The van der Waals surface area contributed by atoms with E-state index in [9.17, 15) is 5.26 Å². The van der Waals surface area contributed by atoms with E-state index in [4.69, 9.17) is 6.57 Å². The fourth-order valence-corrected chi connectivity index (χ4v) is 11.2. The van der Waals surface area contributed by atoms with E-state index in [1.54, 1.807) is 12.1 Å². The molecule has 0 saturated heterocycles. The molecule has 10 aromatic carbocycles. The van der Waals surface area contributed by atoms with Crippen molar-refractivity contribution in [1.82, 2.24) is 9.13 Å². The van der Waals surface area contributed by atoms with Crippen molar-refractivity contribution in [2.24, 2.45) is 0 Å². The van der Waals surface area contributed by atoms with Gasteiger partial charge in [-0.2, -0.15) is 18.4 Å². The second-order valence-corrected chi connectivity index (χ2v) is 19.2. The van der Waals surface area contributed by atoms with E-state index < -0.39 is 11.7 Å². The van der Waals surface area contributed by atoms with Crippen LogP contribution in [-0.4, -0.2) is 9.13 Å². The summed E-state index contributed by atoms with van der Waals surface area (Å²) in [6, 6.07) is 67.3. The Hall–Kier alpha value is -9.43. The predicted molar refractivity (Wildman–Crippen MR) is 297 cm³/mol. The van der Waals surface area contributed by atoms with Gasteiger partial charge >= 0.3 is 6.18 Å². The predicted octanol–water partition coefficient (Wildman–Crippen LogP) is 18.9. The first-order chi connectivity index (χ1) is 35.9. The summed E-state index contributed by atoms with van der Waals surface area (Å²) in [7, 11) is 0. The molecule has 2 heterocycles. The Morgan fingerprint density at radius 2 is 0.757 bits per heavy atom. The molecule has 0 aliphatic heterocycles. The lowest BCUT2D eigenvalue weighted by Crippen LogP contribution is -2.11. The van der Waals surface area contributed by atoms with Crippen molar-refractivity contribution >= 4 is 49.3 Å². The zero-order valence-electron chi connectivity index (χ0n) is 41.0. The molecule has 74 heavy (non-hydrogen) atoms. The first kappa shape index (κ1) is 45.7. The number of benzene rings is 10. The van der Waals surface area contributed by atoms with Crippen molar-refractivity contribution < 1.29 is 13.2 Å². The molecule has 0 N–H and O–H groups in total. The molecule has 0 amide bonds. The summed E-state index contributed by atoms with van der Waals surface area (Å²) in [6.45, 7) is 16.8. The lowest BCUT2D eigenvalue weighted by molar-refractivity contribution is -0.137. The minimum atomic E-state index is -4.88. The molecular formula is C67H45F3N4. The summed E-state index contributed by atoms with van der Waals surface area (Å²) in [5.41, 5.74) is 14.5. The molecule has 0 saturated carbocycles. The van der Waals surface area contributed by atoms with Crippen LogP contribution in [0.3, 0.4) is 0 Å². The lowest BCUT2D eigenvalue weighted by Gasteiger charge is -2.24. The molecule has 7 heteroatoms. The van der Waals surface area contributed by atoms with Crippen LogP contribution in [-0.2, 0) is 6.18 Å². The molecule has 0 bridgehead atoms. The largest absolute Gasteiger partial charge is 0.415 e. The molecule has 4 nitrogen and oxygen atoms in total. The molecule has 0 unspecified atom stereocenters. The van der Waals surface area contributed by atoms with Gasteiger partial charge in [-0.1, -0.05) is 164 Å². The molecule has 0 aliphatic carbocycles. The highest BCUT2D eigenvalue weighted by Gasteiger charge is 2.37. The standard InChI is InChI=1S/C67H45F3N4/c1-40-15-6-10-19-49(40)45-25-29-53-54-30-26-46(50-20-11-7-16-41(50)2)36-60(54)73(59(53)35-45)63-33-44(39-71)34-64(66(63)65-57(67(68,69)70)23-14-24-58(65)72-5)74-61-37-47(51-21-12-8-17-42(51)3)27-31-55(61)56-32-28-48(38-62(56)74)52-22-13-9-18-43(52)4/h6-38H,1-4H3. The minimum Gasteiger partial charge on any atom is -0.309 e. The van der Waals surface area contributed by atoms with Gasteiger partial charge in [0.15, 0.2) is 5.69 Å². The van der Waals surface area contributed by atoms with Crippen LogP contribution in [0.25, 0.3) is 115 Å². The van der Waals surface area contributed by atoms with Crippen molar-refractivity contribution in [3.05, 3.63) is 245 Å². The summed E-state index contributed by atoms with van der Waals surface area (Å²) in [4.78, 5) is 3.88. The quantitative estimate of drug-likeness (QED) is 0.147. The highest BCUT2D eigenvalue weighted by atomic mass is 19.4. The Morgan fingerprint density at radius 1 is 0.419 bits per heavy atom. The summed E-state index contributed by atoms with van der Waals surface area (Å²) in [6.07, 6.45) is -4.88. The number of alkyl halides is 3. The van der Waals surface area contributed by atoms with E-state index in [0.717, 1.165) is 116 Å². The molecule has 0 fully saturated rings. The van der Waals surface area contributed by atoms with Crippen molar-refractivity contribution in [3.8, 4) is 73.1 Å². The van der Waals surface area contributed by atoms with Crippen LogP contribution >= 0.6 is 0 Å². The Balaban J connectivity index is 1.31. The van der Waals surface area contributed by atoms with Gasteiger partial charge in [-0.15, -0.1) is 0 Å². The van der Waals surface area contributed by atoms with Crippen LogP contribution in [0.1, 0.15) is 33.4 Å². The maximum absolute atomic E-state index is 16.1. The zero-order valence-corrected chi connectivity index (χ0v) is 41.0. The van der Waals surface area contributed by atoms with E-state index in [2.05, 4.69) is 160 Å². The number of aryl methyl sites for hydroxylation is 4. The maximum atomic E-state index is 16.1. The molecular weight excluding hydrogens is 918 g/mol. The van der Waals surface area contributed by atoms with E-state index in [1.807, 2.05) is 57.7 Å². The van der Waals surface area contributed by atoms with Gasteiger partial charge < -0.3 is 9.13 Å². The van der Waals surface area contributed by atoms with Gasteiger partial charge in [-0.05, 0) is 131 Å². The van der Waals surface area contributed by atoms with E-state index in [-0.39, 0.29) is 22.4 Å². The lowest BCUT2D eigenvalue weighted by atomic mass is 9.92.